The van der Waals surface area contributed by atoms with Crippen LogP contribution in [0.5, 0.6) is 0 Å². The molecule has 2 aromatic carbocycles. The lowest BCUT2D eigenvalue weighted by atomic mass is 9.75. The first-order valence-corrected chi connectivity index (χ1v) is 9.60. The van der Waals surface area contributed by atoms with Gasteiger partial charge in [0.15, 0.2) is 0 Å². The summed E-state index contributed by atoms with van der Waals surface area (Å²) in [5, 5.41) is 0. The number of rotatable bonds is 3. The summed E-state index contributed by atoms with van der Waals surface area (Å²) in [5.74, 6) is 0.204. The van der Waals surface area contributed by atoms with E-state index in [0.717, 1.165) is 44.5 Å². The van der Waals surface area contributed by atoms with E-state index in [0.29, 0.717) is 12.6 Å². The van der Waals surface area contributed by atoms with Gasteiger partial charge in [-0.15, -0.1) is 0 Å². The highest BCUT2D eigenvalue weighted by molar-refractivity contribution is 5.95. The Labute approximate surface area is 155 Å². The number of hydrogen-bond donors (Lipinski definition) is 1. The summed E-state index contributed by atoms with van der Waals surface area (Å²) in [6.45, 7) is 2.22. The zero-order valence-corrected chi connectivity index (χ0v) is 15.2. The van der Waals surface area contributed by atoms with E-state index in [9.17, 15) is 4.79 Å². The summed E-state index contributed by atoms with van der Waals surface area (Å²) in [6, 6.07) is 20.9. The number of benzene rings is 2. The summed E-state index contributed by atoms with van der Waals surface area (Å²) in [5.41, 5.74) is 8.73. The zero-order chi connectivity index (χ0) is 18.0. The molecule has 1 aliphatic carbocycles. The van der Waals surface area contributed by atoms with Crippen molar-refractivity contribution in [3.63, 3.8) is 0 Å². The summed E-state index contributed by atoms with van der Waals surface area (Å²) < 4.78 is 0. The van der Waals surface area contributed by atoms with Gasteiger partial charge in [0.2, 0.25) is 5.91 Å². The van der Waals surface area contributed by atoms with Crippen molar-refractivity contribution in [3.05, 3.63) is 66.2 Å². The second kappa shape index (κ2) is 7.22. The van der Waals surface area contributed by atoms with Crippen molar-refractivity contribution in [2.75, 3.05) is 24.5 Å². The fraction of sp³-hybridized carbons (Fsp3) is 0.409. The van der Waals surface area contributed by atoms with Crippen molar-refractivity contribution in [2.24, 2.45) is 5.73 Å². The minimum absolute atomic E-state index is 0.204. The Balaban J connectivity index is 1.37. The second-order valence-corrected chi connectivity index (χ2v) is 7.60. The van der Waals surface area contributed by atoms with Crippen molar-refractivity contribution < 1.29 is 4.79 Å². The molecule has 26 heavy (non-hydrogen) atoms. The van der Waals surface area contributed by atoms with Gasteiger partial charge in [0.1, 0.15) is 0 Å². The highest BCUT2D eigenvalue weighted by Gasteiger charge is 2.37. The monoisotopic (exact) mass is 349 g/mol. The lowest BCUT2D eigenvalue weighted by molar-refractivity contribution is -0.122. The van der Waals surface area contributed by atoms with Crippen LogP contribution in [-0.2, 0) is 10.3 Å². The number of carbonyl (C=O) groups excluding carboxylic acids is 1. The first-order valence-electron chi connectivity index (χ1n) is 9.60. The lowest BCUT2D eigenvalue weighted by Crippen LogP contribution is -2.55. The van der Waals surface area contributed by atoms with Crippen molar-refractivity contribution in [1.29, 1.82) is 0 Å². The molecule has 2 aliphatic rings. The fourth-order valence-corrected chi connectivity index (χ4v) is 4.43. The number of piperazine rings is 1. The van der Waals surface area contributed by atoms with Crippen LogP contribution in [0.3, 0.4) is 0 Å². The van der Waals surface area contributed by atoms with Gasteiger partial charge < -0.3 is 10.6 Å². The van der Waals surface area contributed by atoms with Crippen LogP contribution < -0.4 is 10.6 Å². The molecular weight excluding hydrogens is 322 g/mol. The van der Waals surface area contributed by atoms with Gasteiger partial charge in [0.25, 0.3) is 0 Å². The number of carbonyl (C=O) groups is 1. The topological polar surface area (TPSA) is 49.6 Å². The number of anilines is 1. The zero-order valence-electron chi connectivity index (χ0n) is 15.2. The van der Waals surface area contributed by atoms with Crippen LogP contribution in [0.1, 0.15) is 31.2 Å². The molecule has 1 saturated carbocycles. The van der Waals surface area contributed by atoms with Gasteiger partial charge in [-0.05, 0) is 43.4 Å². The SMILES string of the molecule is N[C@]1(c2ccccc2)CC[C@H](N2CCN(c3ccccc3)C(=O)C2)CC1. The van der Waals surface area contributed by atoms with E-state index in [4.69, 9.17) is 5.73 Å². The molecule has 0 unspecified atom stereocenters. The number of para-hydroxylation sites is 1. The van der Waals surface area contributed by atoms with Gasteiger partial charge in [0, 0.05) is 30.4 Å². The smallest absolute Gasteiger partial charge is 0.241 e. The minimum atomic E-state index is -0.215. The van der Waals surface area contributed by atoms with E-state index >= 15 is 0 Å². The van der Waals surface area contributed by atoms with Crippen molar-refractivity contribution in [1.82, 2.24) is 4.90 Å². The predicted octanol–water partition coefficient (Wildman–Crippen LogP) is 3.13. The molecule has 4 heteroatoms. The van der Waals surface area contributed by atoms with Crippen LogP contribution in [0, 0.1) is 0 Å². The standard InChI is InChI=1S/C22H27N3O/c23-22(18-7-3-1-4-8-18)13-11-19(12-14-22)24-15-16-25(21(26)17-24)20-9-5-2-6-10-20/h1-10,19H,11-17,23H2/t19-,22+. The first-order chi connectivity index (χ1) is 12.7. The Kier molecular flexibility index (Phi) is 4.79. The molecule has 1 aliphatic heterocycles. The van der Waals surface area contributed by atoms with E-state index < -0.39 is 0 Å². The Morgan fingerprint density at radius 2 is 1.50 bits per heavy atom. The van der Waals surface area contributed by atoms with Crippen molar-refractivity contribution >= 4 is 11.6 Å². The molecular formula is C22H27N3O. The van der Waals surface area contributed by atoms with Crippen LogP contribution >= 0.6 is 0 Å². The van der Waals surface area contributed by atoms with E-state index in [1.807, 2.05) is 41.3 Å². The molecule has 4 rings (SSSR count). The van der Waals surface area contributed by atoms with Crippen LogP contribution in [0.25, 0.3) is 0 Å². The Morgan fingerprint density at radius 3 is 2.12 bits per heavy atom. The summed E-state index contributed by atoms with van der Waals surface area (Å²) in [4.78, 5) is 16.9. The highest BCUT2D eigenvalue weighted by atomic mass is 16.2. The predicted molar refractivity (Wildman–Crippen MR) is 105 cm³/mol. The van der Waals surface area contributed by atoms with Gasteiger partial charge in [-0.3, -0.25) is 9.69 Å². The molecule has 4 nitrogen and oxygen atoms in total. The largest absolute Gasteiger partial charge is 0.321 e. The average Bonchev–Trinajstić information content (AvgIpc) is 2.70. The highest BCUT2D eigenvalue weighted by Crippen LogP contribution is 2.37. The number of nitrogens with two attached hydrogens (primary N) is 1. The van der Waals surface area contributed by atoms with Crippen molar-refractivity contribution in [3.8, 4) is 0 Å². The molecule has 1 heterocycles. The third-order valence-electron chi connectivity index (χ3n) is 6.03. The normalized spacial score (nSPS) is 27.5. The second-order valence-electron chi connectivity index (χ2n) is 7.60. The number of hydrogen-bond acceptors (Lipinski definition) is 3. The minimum Gasteiger partial charge on any atom is -0.321 e. The molecule has 1 saturated heterocycles. The Morgan fingerprint density at radius 1 is 0.885 bits per heavy atom. The van der Waals surface area contributed by atoms with E-state index in [-0.39, 0.29) is 11.4 Å². The van der Waals surface area contributed by atoms with Crippen LogP contribution in [-0.4, -0.2) is 36.5 Å². The van der Waals surface area contributed by atoms with Gasteiger partial charge in [-0.25, -0.2) is 0 Å². The molecule has 2 fully saturated rings. The molecule has 0 radical (unpaired) electrons. The molecule has 0 atom stereocenters. The maximum absolute atomic E-state index is 12.7. The van der Waals surface area contributed by atoms with Crippen LogP contribution in [0.4, 0.5) is 5.69 Å². The van der Waals surface area contributed by atoms with E-state index in [2.05, 4.69) is 29.2 Å². The lowest BCUT2D eigenvalue weighted by Gasteiger charge is -2.44. The summed E-state index contributed by atoms with van der Waals surface area (Å²) in [6.07, 6.45) is 4.08. The van der Waals surface area contributed by atoms with Crippen molar-refractivity contribution in [2.45, 2.75) is 37.3 Å². The summed E-state index contributed by atoms with van der Waals surface area (Å²) >= 11 is 0. The number of amides is 1. The number of nitrogens with zero attached hydrogens (tertiary/aromatic N) is 2. The van der Waals surface area contributed by atoms with Gasteiger partial charge in [0.05, 0.1) is 6.54 Å². The third-order valence-corrected chi connectivity index (χ3v) is 6.03. The molecule has 1 amide bonds. The van der Waals surface area contributed by atoms with E-state index in [1.54, 1.807) is 0 Å². The molecule has 0 aromatic heterocycles. The molecule has 0 spiro atoms. The third kappa shape index (κ3) is 3.39. The molecule has 2 N–H and O–H groups in total. The van der Waals surface area contributed by atoms with Gasteiger partial charge in [-0.2, -0.15) is 0 Å². The Bertz CT molecular complexity index is 738. The quantitative estimate of drug-likeness (QED) is 0.926. The van der Waals surface area contributed by atoms with Crippen LogP contribution in [0.15, 0.2) is 60.7 Å². The summed E-state index contributed by atoms with van der Waals surface area (Å²) in [7, 11) is 0. The first kappa shape index (κ1) is 17.3. The average molecular weight is 349 g/mol. The Hall–Kier alpha value is -2.17. The van der Waals surface area contributed by atoms with Gasteiger partial charge in [-0.1, -0.05) is 48.5 Å². The van der Waals surface area contributed by atoms with E-state index in [1.165, 1.54) is 5.56 Å². The maximum Gasteiger partial charge on any atom is 0.241 e. The molecule has 0 bridgehead atoms. The van der Waals surface area contributed by atoms with Gasteiger partial charge >= 0.3 is 0 Å². The fourth-order valence-electron chi connectivity index (χ4n) is 4.43. The molecule has 2 aromatic rings. The maximum atomic E-state index is 12.7. The van der Waals surface area contributed by atoms with Crippen LogP contribution in [0.2, 0.25) is 0 Å². The molecule has 136 valence electrons.